The van der Waals surface area contributed by atoms with Gasteiger partial charge in [0.25, 0.3) is 0 Å². The summed E-state index contributed by atoms with van der Waals surface area (Å²) in [6.45, 7) is 2.59. The molecule has 0 radical (unpaired) electrons. The van der Waals surface area contributed by atoms with Crippen LogP contribution in [0.5, 0.6) is 0 Å². The summed E-state index contributed by atoms with van der Waals surface area (Å²) in [4.78, 5) is 15.0. The quantitative estimate of drug-likeness (QED) is 0.841. The molecule has 5 heteroatoms. The van der Waals surface area contributed by atoms with Crippen molar-refractivity contribution in [3.8, 4) is 0 Å². The highest BCUT2D eigenvalue weighted by Crippen LogP contribution is 2.16. The summed E-state index contributed by atoms with van der Waals surface area (Å²) in [6, 6.07) is 10.7. The zero-order valence-electron chi connectivity index (χ0n) is 10.4. The molecule has 0 unspecified atom stereocenters. The third-order valence-electron chi connectivity index (χ3n) is 2.76. The van der Waals surface area contributed by atoms with Gasteiger partial charge in [0, 0.05) is 6.54 Å². The van der Waals surface area contributed by atoms with Gasteiger partial charge in [-0.15, -0.1) is 0 Å². The van der Waals surface area contributed by atoms with Gasteiger partial charge >= 0.3 is 5.97 Å². The van der Waals surface area contributed by atoms with E-state index in [-0.39, 0.29) is 10.7 Å². The van der Waals surface area contributed by atoms with Gasteiger partial charge in [0.15, 0.2) is 0 Å². The Bertz CT molecular complexity index is 614. The van der Waals surface area contributed by atoms with Crippen LogP contribution >= 0.6 is 11.6 Å². The highest BCUT2D eigenvalue weighted by atomic mass is 35.5. The molecule has 0 saturated heterocycles. The van der Waals surface area contributed by atoms with Gasteiger partial charge in [-0.25, -0.2) is 9.78 Å². The van der Waals surface area contributed by atoms with E-state index in [0.717, 1.165) is 11.1 Å². The number of pyridine rings is 1. The van der Waals surface area contributed by atoms with Gasteiger partial charge in [-0.3, -0.25) is 0 Å². The number of carboxylic acid groups (broad SMARTS) is 1. The van der Waals surface area contributed by atoms with Crippen molar-refractivity contribution in [2.24, 2.45) is 0 Å². The summed E-state index contributed by atoms with van der Waals surface area (Å²) in [5.74, 6) is -0.573. The van der Waals surface area contributed by atoms with Crippen molar-refractivity contribution in [1.82, 2.24) is 4.98 Å². The Morgan fingerprint density at radius 2 is 2.11 bits per heavy atom. The molecule has 0 saturated carbocycles. The molecular formula is C14H13ClN2O2. The molecule has 2 rings (SSSR count). The van der Waals surface area contributed by atoms with Gasteiger partial charge in [0.1, 0.15) is 11.0 Å². The van der Waals surface area contributed by atoms with E-state index >= 15 is 0 Å². The van der Waals surface area contributed by atoms with Gasteiger partial charge in [-0.05, 0) is 30.2 Å². The molecule has 0 spiro atoms. The maximum atomic E-state index is 10.9. The van der Waals surface area contributed by atoms with Crippen LogP contribution in [0.2, 0.25) is 5.15 Å². The van der Waals surface area contributed by atoms with Crippen molar-refractivity contribution in [2.45, 2.75) is 13.5 Å². The molecule has 19 heavy (non-hydrogen) atoms. The third-order valence-corrected chi connectivity index (χ3v) is 2.96. The van der Waals surface area contributed by atoms with E-state index < -0.39 is 5.97 Å². The molecule has 2 N–H and O–H groups in total. The van der Waals surface area contributed by atoms with Crippen LogP contribution in [0.3, 0.4) is 0 Å². The minimum Gasteiger partial charge on any atom is -0.478 e. The van der Waals surface area contributed by atoms with E-state index in [1.807, 2.05) is 31.2 Å². The number of nitrogens with zero attached hydrogens (tertiary/aromatic N) is 1. The van der Waals surface area contributed by atoms with E-state index in [4.69, 9.17) is 16.7 Å². The lowest BCUT2D eigenvalue weighted by atomic mass is 10.1. The molecule has 0 fully saturated rings. The fourth-order valence-corrected chi connectivity index (χ4v) is 1.91. The Kier molecular flexibility index (Phi) is 4.02. The summed E-state index contributed by atoms with van der Waals surface area (Å²) in [6.07, 6.45) is 0. The Hall–Kier alpha value is -2.07. The maximum absolute atomic E-state index is 10.9. The van der Waals surface area contributed by atoms with Crippen LogP contribution in [-0.4, -0.2) is 16.1 Å². The lowest BCUT2D eigenvalue weighted by Crippen LogP contribution is -2.05. The molecule has 4 nitrogen and oxygen atoms in total. The molecular weight excluding hydrogens is 264 g/mol. The second-order valence-electron chi connectivity index (χ2n) is 4.15. The lowest BCUT2D eigenvalue weighted by Gasteiger charge is -2.09. The molecule has 0 bridgehead atoms. The number of aryl methyl sites for hydroxylation is 1. The number of nitrogens with one attached hydrogen (secondary N) is 1. The van der Waals surface area contributed by atoms with Crippen LogP contribution in [0, 0.1) is 6.92 Å². The van der Waals surface area contributed by atoms with Gasteiger partial charge in [-0.2, -0.15) is 0 Å². The number of carbonyl (C=O) groups is 1. The Morgan fingerprint density at radius 3 is 2.79 bits per heavy atom. The lowest BCUT2D eigenvalue weighted by molar-refractivity contribution is 0.0697. The van der Waals surface area contributed by atoms with Crippen LogP contribution in [0.25, 0.3) is 0 Å². The van der Waals surface area contributed by atoms with E-state index in [2.05, 4.69) is 10.3 Å². The summed E-state index contributed by atoms with van der Waals surface area (Å²) >= 11 is 5.79. The van der Waals surface area contributed by atoms with Gasteiger partial charge < -0.3 is 10.4 Å². The largest absolute Gasteiger partial charge is 0.478 e. The standard InChI is InChI=1S/C14H13ClN2O2/c1-9-4-2-3-5-10(9)8-16-13-7-11(14(18)19)6-12(15)17-13/h2-7H,8H2,1H3,(H,16,17)(H,18,19). The minimum atomic E-state index is -1.02. The summed E-state index contributed by atoms with van der Waals surface area (Å²) in [5, 5.41) is 12.2. The summed E-state index contributed by atoms with van der Waals surface area (Å²) < 4.78 is 0. The summed E-state index contributed by atoms with van der Waals surface area (Å²) in [5.41, 5.74) is 2.41. The Balaban J connectivity index is 2.16. The molecule has 0 aliphatic rings. The van der Waals surface area contributed by atoms with Crippen LogP contribution in [0.15, 0.2) is 36.4 Å². The number of hydrogen-bond acceptors (Lipinski definition) is 3. The van der Waals surface area contributed by atoms with Crippen LogP contribution < -0.4 is 5.32 Å². The van der Waals surface area contributed by atoms with Gasteiger partial charge in [0.05, 0.1) is 5.56 Å². The molecule has 1 heterocycles. The molecule has 1 aromatic heterocycles. The Labute approximate surface area is 116 Å². The molecule has 1 aromatic carbocycles. The van der Waals surface area contributed by atoms with E-state index in [9.17, 15) is 4.79 Å². The average Bonchev–Trinajstić information content (AvgIpc) is 2.37. The first-order valence-electron chi connectivity index (χ1n) is 5.75. The van der Waals surface area contributed by atoms with Crippen molar-refractivity contribution in [2.75, 3.05) is 5.32 Å². The average molecular weight is 277 g/mol. The predicted molar refractivity (Wildman–Crippen MR) is 74.7 cm³/mol. The number of rotatable bonds is 4. The maximum Gasteiger partial charge on any atom is 0.335 e. The number of halogens is 1. The minimum absolute atomic E-state index is 0.118. The van der Waals surface area contributed by atoms with E-state index in [1.54, 1.807) is 0 Å². The molecule has 2 aromatic rings. The fourth-order valence-electron chi connectivity index (χ4n) is 1.71. The SMILES string of the molecule is Cc1ccccc1CNc1cc(C(=O)O)cc(Cl)n1. The topological polar surface area (TPSA) is 62.2 Å². The van der Waals surface area contributed by atoms with Crippen molar-refractivity contribution in [3.05, 3.63) is 58.2 Å². The van der Waals surface area contributed by atoms with Crippen LogP contribution in [0.4, 0.5) is 5.82 Å². The molecule has 98 valence electrons. The molecule has 0 atom stereocenters. The van der Waals surface area contributed by atoms with Crippen molar-refractivity contribution in [3.63, 3.8) is 0 Å². The van der Waals surface area contributed by atoms with Crippen molar-refractivity contribution < 1.29 is 9.90 Å². The zero-order chi connectivity index (χ0) is 13.8. The first-order valence-corrected chi connectivity index (χ1v) is 6.13. The number of aromatic nitrogens is 1. The van der Waals surface area contributed by atoms with E-state index in [0.29, 0.717) is 12.4 Å². The number of aromatic carboxylic acids is 1. The highest BCUT2D eigenvalue weighted by Gasteiger charge is 2.07. The Morgan fingerprint density at radius 1 is 1.37 bits per heavy atom. The van der Waals surface area contributed by atoms with Crippen molar-refractivity contribution >= 4 is 23.4 Å². The summed E-state index contributed by atoms with van der Waals surface area (Å²) in [7, 11) is 0. The fraction of sp³-hybridized carbons (Fsp3) is 0.143. The molecule has 0 amide bonds. The molecule has 0 aliphatic carbocycles. The number of carboxylic acids is 1. The van der Waals surface area contributed by atoms with Gasteiger partial charge in [0.2, 0.25) is 0 Å². The van der Waals surface area contributed by atoms with Crippen LogP contribution in [0.1, 0.15) is 21.5 Å². The second kappa shape index (κ2) is 5.71. The monoisotopic (exact) mass is 276 g/mol. The normalized spacial score (nSPS) is 10.2. The van der Waals surface area contributed by atoms with E-state index in [1.165, 1.54) is 12.1 Å². The third kappa shape index (κ3) is 3.45. The smallest absolute Gasteiger partial charge is 0.335 e. The van der Waals surface area contributed by atoms with Gasteiger partial charge in [-0.1, -0.05) is 35.9 Å². The number of hydrogen-bond donors (Lipinski definition) is 2. The predicted octanol–water partition coefficient (Wildman–Crippen LogP) is 3.35. The van der Waals surface area contributed by atoms with Crippen LogP contribution in [-0.2, 0) is 6.54 Å². The zero-order valence-corrected chi connectivity index (χ0v) is 11.1. The first kappa shape index (κ1) is 13.4. The number of anilines is 1. The second-order valence-corrected chi connectivity index (χ2v) is 4.54. The molecule has 0 aliphatic heterocycles. The first-order chi connectivity index (χ1) is 9.06. The van der Waals surface area contributed by atoms with Crippen molar-refractivity contribution in [1.29, 1.82) is 0 Å². The number of benzene rings is 1. The highest BCUT2D eigenvalue weighted by molar-refractivity contribution is 6.29.